The molecule has 0 aliphatic carbocycles. The number of nitrogens with two attached hydrogens (primary N) is 1. The van der Waals surface area contributed by atoms with Crippen molar-refractivity contribution in [1.82, 2.24) is 25.0 Å². The van der Waals surface area contributed by atoms with Gasteiger partial charge in [-0.2, -0.15) is 0 Å². The molecule has 0 aliphatic rings. The summed E-state index contributed by atoms with van der Waals surface area (Å²) in [6, 6.07) is 0. The maximum atomic E-state index is 5.92. The fraction of sp³-hybridized carbons (Fsp3) is 0.400. The van der Waals surface area contributed by atoms with E-state index in [1.54, 1.807) is 23.3 Å². The van der Waals surface area contributed by atoms with Gasteiger partial charge in [0.25, 0.3) is 0 Å². The molecule has 2 aromatic heterocycles. The third-order valence-corrected chi connectivity index (χ3v) is 2.14. The molecule has 6 nitrogen and oxygen atoms in total. The molecule has 0 fully saturated rings. The minimum absolute atomic E-state index is 0.472. The predicted octanol–water partition coefficient (Wildman–Crippen LogP) is 0.310. The van der Waals surface area contributed by atoms with Crippen molar-refractivity contribution in [3.63, 3.8) is 0 Å². The molecule has 0 radical (unpaired) electrons. The number of aromatic nitrogens is 5. The highest BCUT2D eigenvalue weighted by Crippen LogP contribution is 2.12. The number of hydrogen-bond acceptors (Lipinski definition) is 5. The van der Waals surface area contributed by atoms with Gasteiger partial charge in [-0.3, -0.25) is 9.97 Å². The van der Waals surface area contributed by atoms with E-state index in [-0.39, 0.29) is 0 Å². The lowest BCUT2D eigenvalue weighted by Gasteiger charge is -2.13. The molecule has 0 spiro atoms. The summed E-state index contributed by atoms with van der Waals surface area (Å²) in [5.74, 6) is 0. The van der Waals surface area contributed by atoms with E-state index < -0.39 is 5.54 Å². The molecule has 2 rings (SSSR count). The van der Waals surface area contributed by atoms with E-state index in [1.165, 1.54) is 0 Å². The quantitative estimate of drug-likeness (QED) is 0.801. The van der Waals surface area contributed by atoms with E-state index in [1.807, 2.05) is 20.0 Å². The van der Waals surface area contributed by atoms with Crippen LogP contribution in [0.3, 0.4) is 0 Å². The van der Waals surface area contributed by atoms with Crippen molar-refractivity contribution in [2.45, 2.75) is 25.9 Å². The Morgan fingerprint density at radius 2 is 2.19 bits per heavy atom. The molecule has 0 aliphatic heterocycles. The minimum atomic E-state index is -0.472. The molecule has 0 unspecified atom stereocenters. The van der Waals surface area contributed by atoms with Gasteiger partial charge in [0, 0.05) is 12.4 Å². The maximum absolute atomic E-state index is 5.92. The van der Waals surface area contributed by atoms with E-state index >= 15 is 0 Å². The molecular formula is C10H14N6. The second-order valence-electron chi connectivity index (χ2n) is 4.22. The molecule has 2 heterocycles. The first-order chi connectivity index (χ1) is 7.55. The van der Waals surface area contributed by atoms with Crippen molar-refractivity contribution >= 4 is 0 Å². The minimum Gasteiger partial charge on any atom is -0.320 e. The lowest BCUT2D eigenvalue weighted by atomic mass is 10.0. The van der Waals surface area contributed by atoms with Crippen LogP contribution in [0.25, 0.3) is 0 Å². The number of nitrogens with zero attached hydrogens (tertiary/aromatic N) is 5. The van der Waals surface area contributed by atoms with Crippen molar-refractivity contribution in [2.24, 2.45) is 5.73 Å². The van der Waals surface area contributed by atoms with Crippen LogP contribution in [-0.4, -0.2) is 25.0 Å². The molecule has 0 aromatic carbocycles. The Morgan fingerprint density at radius 1 is 1.38 bits per heavy atom. The Labute approximate surface area is 93.5 Å². The zero-order valence-corrected chi connectivity index (χ0v) is 9.33. The SMILES string of the molecule is CC(C)(N)c1cn(Cc2cnccn2)nn1. The standard InChI is InChI=1S/C10H14N6/c1-10(2,11)9-7-16(15-14-9)6-8-5-12-3-4-13-8/h3-5,7H,6,11H2,1-2H3. The predicted molar refractivity (Wildman–Crippen MR) is 58.4 cm³/mol. The van der Waals surface area contributed by atoms with E-state index in [0.29, 0.717) is 6.54 Å². The Morgan fingerprint density at radius 3 is 2.75 bits per heavy atom. The van der Waals surface area contributed by atoms with E-state index in [9.17, 15) is 0 Å². The lowest BCUT2D eigenvalue weighted by Crippen LogP contribution is -2.29. The van der Waals surface area contributed by atoms with Gasteiger partial charge in [0.05, 0.1) is 30.2 Å². The topological polar surface area (TPSA) is 82.5 Å². The summed E-state index contributed by atoms with van der Waals surface area (Å²) in [5, 5.41) is 8.02. The highest BCUT2D eigenvalue weighted by atomic mass is 15.4. The summed E-state index contributed by atoms with van der Waals surface area (Å²) in [5.41, 5.74) is 7.05. The Hall–Kier alpha value is -1.82. The van der Waals surface area contributed by atoms with Crippen molar-refractivity contribution in [2.75, 3.05) is 0 Å². The van der Waals surface area contributed by atoms with Gasteiger partial charge in [0.1, 0.15) is 5.69 Å². The van der Waals surface area contributed by atoms with E-state index in [4.69, 9.17) is 5.73 Å². The molecule has 16 heavy (non-hydrogen) atoms. The third kappa shape index (κ3) is 2.40. The van der Waals surface area contributed by atoms with Gasteiger partial charge in [-0.15, -0.1) is 5.10 Å². The van der Waals surface area contributed by atoms with Gasteiger partial charge < -0.3 is 5.73 Å². The van der Waals surface area contributed by atoms with Crippen LogP contribution in [0.5, 0.6) is 0 Å². The third-order valence-electron chi connectivity index (χ3n) is 2.14. The van der Waals surface area contributed by atoms with Crippen LogP contribution in [0.1, 0.15) is 25.2 Å². The summed E-state index contributed by atoms with van der Waals surface area (Å²) in [6.45, 7) is 4.34. The second kappa shape index (κ2) is 3.97. The Kier molecular flexibility index (Phi) is 2.66. The largest absolute Gasteiger partial charge is 0.320 e. The smallest absolute Gasteiger partial charge is 0.102 e. The fourth-order valence-electron chi connectivity index (χ4n) is 1.25. The Bertz CT molecular complexity index is 456. The molecular weight excluding hydrogens is 204 g/mol. The molecule has 0 saturated heterocycles. The zero-order chi connectivity index (χ0) is 11.6. The zero-order valence-electron chi connectivity index (χ0n) is 9.33. The average Bonchev–Trinajstić information content (AvgIpc) is 2.67. The molecule has 0 bridgehead atoms. The summed E-state index contributed by atoms with van der Waals surface area (Å²) >= 11 is 0. The van der Waals surface area contributed by atoms with E-state index in [2.05, 4.69) is 20.3 Å². The van der Waals surface area contributed by atoms with Crippen molar-refractivity contribution in [3.8, 4) is 0 Å². The maximum Gasteiger partial charge on any atom is 0.102 e. The molecule has 2 aromatic rings. The number of hydrogen-bond donors (Lipinski definition) is 1. The Balaban J connectivity index is 2.15. The number of rotatable bonds is 3. The van der Waals surface area contributed by atoms with Gasteiger partial charge in [-0.1, -0.05) is 5.21 Å². The molecule has 84 valence electrons. The average molecular weight is 218 g/mol. The highest BCUT2D eigenvalue weighted by molar-refractivity contribution is 5.06. The van der Waals surface area contributed by atoms with Gasteiger partial charge in [-0.05, 0) is 13.8 Å². The lowest BCUT2D eigenvalue weighted by molar-refractivity contribution is 0.533. The normalized spacial score (nSPS) is 11.7. The second-order valence-corrected chi connectivity index (χ2v) is 4.22. The monoisotopic (exact) mass is 218 g/mol. The van der Waals surface area contributed by atoms with Crippen molar-refractivity contribution in [3.05, 3.63) is 36.2 Å². The molecule has 2 N–H and O–H groups in total. The summed E-state index contributed by atoms with van der Waals surface area (Å²) in [7, 11) is 0. The van der Waals surface area contributed by atoms with Gasteiger partial charge >= 0.3 is 0 Å². The van der Waals surface area contributed by atoms with Gasteiger partial charge in [0.2, 0.25) is 0 Å². The van der Waals surface area contributed by atoms with Crippen LogP contribution in [0, 0.1) is 0 Å². The van der Waals surface area contributed by atoms with Crippen molar-refractivity contribution in [1.29, 1.82) is 0 Å². The first-order valence-electron chi connectivity index (χ1n) is 5.00. The van der Waals surface area contributed by atoms with Crippen LogP contribution in [0.4, 0.5) is 0 Å². The van der Waals surface area contributed by atoms with Crippen molar-refractivity contribution < 1.29 is 0 Å². The molecule has 0 atom stereocenters. The van der Waals surface area contributed by atoms with E-state index in [0.717, 1.165) is 11.4 Å². The summed E-state index contributed by atoms with van der Waals surface area (Å²) in [6.07, 6.45) is 6.82. The summed E-state index contributed by atoms with van der Waals surface area (Å²) in [4.78, 5) is 8.15. The fourth-order valence-corrected chi connectivity index (χ4v) is 1.25. The summed E-state index contributed by atoms with van der Waals surface area (Å²) < 4.78 is 1.70. The van der Waals surface area contributed by atoms with Crippen LogP contribution >= 0.6 is 0 Å². The van der Waals surface area contributed by atoms with Crippen LogP contribution < -0.4 is 5.73 Å². The first-order valence-corrected chi connectivity index (χ1v) is 5.00. The molecule has 6 heteroatoms. The van der Waals surface area contributed by atoms with Gasteiger partial charge in [-0.25, -0.2) is 4.68 Å². The first kappa shape index (κ1) is 10.7. The van der Waals surface area contributed by atoms with Crippen LogP contribution in [-0.2, 0) is 12.1 Å². The van der Waals surface area contributed by atoms with Crippen LogP contribution in [0.2, 0.25) is 0 Å². The molecule has 0 saturated carbocycles. The molecule has 0 amide bonds. The van der Waals surface area contributed by atoms with Gasteiger partial charge in [0.15, 0.2) is 0 Å². The van der Waals surface area contributed by atoms with Crippen LogP contribution in [0.15, 0.2) is 24.8 Å². The highest BCUT2D eigenvalue weighted by Gasteiger charge is 2.18.